The van der Waals surface area contributed by atoms with Crippen molar-refractivity contribution in [3.8, 4) is 0 Å². The number of benzene rings is 2. The summed E-state index contributed by atoms with van der Waals surface area (Å²) in [5.74, 6) is 0.313. The van der Waals surface area contributed by atoms with Crippen LogP contribution in [0, 0.1) is 0 Å². The van der Waals surface area contributed by atoms with Crippen molar-refractivity contribution in [3.05, 3.63) is 66.2 Å². The van der Waals surface area contributed by atoms with Gasteiger partial charge in [-0.1, -0.05) is 60.3 Å². The molecular weight excluding hydrogens is 346 g/mol. The Morgan fingerprint density at radius 2 is 1.73 bits per heavy atom. The first-order valence-electron chi connectivity index (χ1n) is 8.45. The van der Waals surface area contributed by atoms with Crippen LogP contribution in [0.4, 0.5) is 5.69 Å². The zero-order chi connectivity index (χ0) is 18.4. The van der Waals surface area contributed by atoms with Gasteiger partial charge in [-0.15, -0.1) is 5.10 Å². The fraction of sp³-hybridized carbons (Fsp3) is 0.263. The quantitative estimate of drug-likeness (QED) is 0.600. The zero-order valence-electron chi connectivity index (χ0n) is 14.8. The van der Waals surface area contributed by atoms with E-state index in [1.807, 2.05) is 74.5 Å². The average Bonchev–Trinajstić information content (AvgIpc) is 3.08. The summed E-state index contributed by atoms with van der Waals surface area (Å²) in [6.07, 6.45) is 0. The molecule has 26 heavy (non-hydrogen) atoms. The zero-order valence-corrected chi connectivity index (χ0v) is 15.6. The maximum atomic E-state index is 12.8. The van der Waals surface area contributed by atoms with Gasteiger partial charge in [-0.05, 0) is 42.0 Å². The molecule has 3 rings (SSSR count). The van der Waals surface area contributed by atoms with Gasteiger partial charge >= 0.3 is 0 Å². The lowest BCUT2D eigenvalue weighted by molar-refractivity contribution is -0.116. The van der Waals surface area contributed by atoms with Crippen LogP contribution in [0.3, 0.4) is 0 Å². The van der Waals surface area contributed by atoms with E-state index in [1.54, 1.807) is 9.58 Å². The summed E-state index contributed by atoms with van der Waals surface area (Å²) >= 11 is 1.36. The summed E-state index contributed by atoms with van der Waals surface area (Å²) in [7, 11) is 0. The van der Waals surface area contributed by atoms with Crippen molar-refractivity contribution >= 4 is 23.4 Å². The van der Waals surface area contributed by atoms with Crippen LogP contribution in [-0.2, 0) is 11.3 Å². The normalized spacial score (nSPS) is 10.9. The molecule has 134 valence electrons. The Hall–Kier alpha value is -2.67. The molecule has 0 aliphatic heterocycles. The number of thioether (sulfide) groups is 1. The molecule has 6 nitrogen and oxygen atoms in total. The van der Waals surface area contributed by atoms with Gasteiger partial charge < -0.3 is 4.90 Å². The van der Waals surface area contributed by atoms with E-state index in [0.29, 0.717) is 11.7 Å². The second-order valence-electron chi connectivity index (χ2n) is 6.09. The number of para-hydroxylation sites is 1. The molecule has 0 spiro atoms. The minimum Gasteiger partial charge on any atom is -0.309 e. The second kappa shape index (κ2) is 8.62. The van der Waals surface area contributed by atoms with Crippen LogP contribution in [0.1, 0.15) is 19.4 Å². The van der Waals surface area contributed by atoms with Crippen molar-refractivity contribution in [2.75, 3.05) is 10.7 Å². The van der Waals surface area contributed by atoms with E-state index >= 15 is 0 Å². The molecule has 0 fully saturated rings. The summed E-state index contributed by atoms with van der Waals surface area (Å²) in [6, 6.07) is 19.8. The lowest BCUT2D eigenvalue weighted by Gasteiger charge is -2.26. The predicted octanol–water partition coefficient (Wildman–Crippen LogP) is 3.26. The van der Waals surface area contributed by atoms with E-state index in [0.717, 1.165) is 11.3 Å². The monoisotopic (exact) mass is 367 g/mol. The smallest absolute Gasteiger partial charge is 0.237 e. The third kappa shape index (κ3) is 4.49. The van der Waals surface area contributed by atoms with Crippen LogP contribution in [0.5, 0.6) is 0 Å². The van der Waals surface area contributed by atoms with Crippen LogP contribution >= 0.6 is 11.8 Å². The summed E-state index contributed by atoms with van der Waals surface area (Å²) in [5.41, 5.74) is 2.01. The summed E-state index contributed by atoms with van der Waals surface area (Å²) < 4.78 is 1.72. The van der Waals surface area contributed by atoms with Crippen molar-refractivity contribution in [1.82, 2.24) is 20.2 Å². The maximum Gasteiger partial charge on any atom is 0.237 e. The number of anilines is 1. The second-order valence-corrected chi connectivity index (χ2v) is 7.03. The molecule has 0 bridgehead atoms. The van der Waals surface area contributed by atoms with Crippen LogP contribution in [0.25, 0.3) is 0 Å². The third-order valence-corrected chi connectivity index (χ3v) is 4.76. The van der Waals surface area contributed by atoms with E-state index < -0.39 is 0 Å². The highest BCUT2D eigenvalue weighted by Crippen LogP contribution is 2.21. The summed E-state index contributed by atoms with van der Waals surface area (Å²) in [4.78, 5) is 14.6. The van der Waals surface area contributed by atoms with E-state index in [1.165, 1.54) is 11.8 Å². The van der Waals surface area contributed by atoms with Crippen molar-refractivity contribution in [2.45, 2.75) is 31.6 Å². The predicted molar refractivity (Wildman–Crippen MR) is 103 cm³/mol. The molecule has 0 unspecified atom stereocenters. The fourth-order valence-corrected chi connectivity index (χ4v) is 3.41. The standard InChI is InChI=1S/C19H21N5OS/c1-15(2)24(17-11-7-4-8-12-17)18(25)14-26-19-20-21-22-23(19)13-16-9-5-3-6-10-16/h3-12,15H,13-14H2,1-2H3. The van der Waals surface area contributed by atoms with Crippen LogP contribution in [-0.4, -0.2) is 37.9 Å². The molecule has 7 heteroatoms. The minimum absolute atomic E-state index is 0.0328. The van der Waals surface area contributed by atoms with Gasteiger partial charge in [0.2, 0.25) is 11.1 Å². The van der Waals surface area contributed by atoms with Gasteiger partial charge in [-0.2, -0.15) is 0 Å². The van der Waals surface area contributed by atoms with Crippen molar-refractivity contribution in [1.29, 1.82) is 0 Å². The highest BCUT2D eigenvalue weighted by atomic mass is 32.2. The first-order chi connectivity index (χ1) is 12.6. The van der Waals surface area contributed by atoms with E-state index in [4.69, 9.17) is 0 Å². The molecule has 0 aliphatic carbocycles. The largest absolute Gasteiger partial charge is 0.309 e. The Balaban J connectivity index is 1.67. The van der Waals surface area contributed by atoms with E-state index in [9.17, 15) is 4.79 Å². The third-order valence-electron chi connectivity index (χ3n) is 3.82. The van der Waals surface area contributed by atoms with Crippen molar-refractivity contribution in [3.63, 3.8) is 0 Å². The lowest BCUT2D eigenvalue weighted by Crippen LogP contribution is -2.38. The number of aromatic nitrogens is 4. The molecule has 0 N–H and O–H groups in total. The fourth-order valence-electron chi connectivity index (χ4n) is 2.67. The highest BCUT2D eigenvalue weighted by molar-refractivity contribution is 7.99. The molecule has 0 saturated carbocycles. The van der Waals surface area contributed by atoms with E-state index in [2.05, 4.69) is 15.5 Å². The summed E-state index contributed by atoms with van der Waals surface area (Å²) in [6.45, 7) is 4.60. The van der Waals surface area contributed by atoms with Crippen LogP contribution in [0.2, 0.25) is 0 Å². The maximum absolute atomic E-state index is 12.8. The number of amides is 1. The molecule has 0 saturated heterocycles. The molecular formula is C19H21N5OS. The van der Waals surface area contributed by atoms with Crippen molar-refractivity contribution in [2.24, 2.45) is 0 Å². The van der Waals surface area contributed by atoms with Gasteiger partial charge in [0.25, 0.3) is 0 Å². The molecule has 0 atom stereocenters. The van der Waals surface area contributed by atoms with Gasteiger partial charge in [0.1, 0.15) is 0 Å². The van der Waals surface area contributed by atoms with Crippen molar-refractivity contribution < 1.29 is 4.79 Å². The van der Waals surface area contributed by atoms with Gasteiger partial charge in [0.15, 0.2) is 0 Å². The Labute approximate surface area is 157 Å². The molecule has 1 heterocycles. The first-order valence-corrected chi connectivity index (χ1v) is 9.43. The molecule has 2 aromatic carbocycles. The molecule has 1 amide bonds. The van der Waals surface area contributed by atoms with Crippen LogP contribution < -0.4 is 4.90 Å². The Morgan fingerprint density at radius 1 is 1.08 bits per heavy atom. The topological polar surface area (TPSA) is 63.9 Å². The Bertz CT molecular complexity index is 835. The number of rotatable bonds is 7. The van der Waals surface area contributed by atoms with Gasteiger partial charge in [0.05, 0.1) is 12.3 Å². The number of carbonyl (C=O) groups excluding carboxylic acids is 1. The Morgan fingerprint density at radius 3 is 2.38 bits per heavy atom. The molecule has 0 aliphatic rings. The molecule has 3 aromatic rings. The molecule has 0 radical (unpaired) electrons. The number of hydrogen-bond acceptors (Lipinski definition) is 5. The van der Waals surface area contributed by atoms with Crippen LogP contribution in [0.15, 0.2) is 65.8 Å². The minimum atomic E-state index is 0.0328. The molecule has 1 aromatic heterocycles. The summed E-state index contributed by atoms with van der Waals surface area (Å²) in [5, 5.41) is 12.5. The van der Waals surface area contributed by atoms with E-state index in [-0.39, 0.29) is 17.7 Å². The number of carbonyl (C=O) groups is 1. The number of tetrazole rings is 1. The van der Waals surface area contributed by atoms with Gasteiger partial charge in [-0.3, -0.25) is 4.79 Å². The lowest BCUT2D eigenvalue weighted by atomic mass is 10.2. The number of nitrogens with zero attached hydrogens (tertiary/aromatic N) is 5. The SMILES string of the molecule is CC(C)N(C(=O)CSc1nnnn1Cc1ccccc1)c1ccccc1. The van der Waals surface area contributed by atoms with Gasteiger partial charge in [0, 0.05) is 11.7 Å². The first kappa shape index (κ1) is 18.1. The highest BCUT2D eigenvalue weighted by Gasteiger charge is 2.20. The number of hydrogen-bond donors (Lipinski definition) is 0. The average molecular weight is 367 g/mol. The Kier molecular flexibility index (Phi) is 6.01. The van der Waals surface area contributed by atoms with Gasteiger partial charge in [-0.25, -0.2) is 4.68 Å².